The summed E-state index contributed by atoms with van der Waals surface area (Å²) in [5, 5.41) is 6.39. The fourth-order valence-corrected chi connectivity index (χ4v) is 4.01. The lowest BCUT2D eigenvalue weighted by molar-refractivity contribution is 0.650. The van der Waals surface area contributed by atoms with E-state index in [0.717, 1.165) is 26.5 Å². The van der Waals surface area contributed by atoms with Crippen molar-refractivity contribution in [3.8, 4) is 11.3 Å². The van der Waals surface area contributed by atoms with Gasteiger partial charge in [0.15, 0.2) is 5.52 Å². The van der Waals surface area contributed by atoms with Crippen molar-refractivity contribution in [2.45, 2.75) is 13.5 Å². The van der Waals surface area contributed by atoms with E-state index in [1.807, 2.05) is 43.3 Å². The Morgan fingerprint density at radius 1 is 1.08 bits per heavy atom. The van der Waals surface area contributed by atoms with E-state index >= 15 is 0 Å². The van der Waals surface area contributed by atoms with Crippen LogP contribution in [0, 0.1) is 6.92 Å². The zero-order valence-electron chi connectivity index (χ0n) is 13.7. The number of thiazole rings is 1. The Bertz CT molecular complexity index is 1170. The van der Waals surface area contributed by atoms with Gasteiger partial charge in [0.1, 0.15) is 5.69 Å². The standard InChI is InChI=1S/C19H13Cl2N3OS/c1-11-22-17-18(26-11)16(13-5-3-2-4-6-13)23-24(19(17)25)10-12-7-8-14(20)15(21)9-12/h2-9H,10H2,1H3. The van der Waals surface area contributed by atoms with Crippen LogP contribution in [0.3, 0.4) is 0 Å². The highest BCUT2D eigenvalue weighted by Gasteiger charge is 2.16. The van der Waals surface area contributed by atoms with Gasteiger partial charge in [-0.1, -0.05) is 59.6 Å². The van der Waals surface area contributed by atoms with E-state index in [2.05, 4.69) is 10.1 Å². The van der Waals surface area contributed by atoms with Crippen LogP contribution in [-0.4, -0.2) is 14.8 Å². The zero-order valence-corrected chi connectivity index (χ0v) is 16.1. The fraction of sp³-hybridized carbons (Fsp3) is 0.105. The van der Waals surface area contributed by atoms with E-state index in [4.69, 9.17) is 23.2 Å². The molecular weight excluding hydrogens is 389 g/mol. The van der Waals surface area contributed by atoms with Crippen LogP contribution < -0.4 is 5.56 Å². The Morgan fingerprint density at radius 2 is 1.85 bits per heavy atom. The number of fused-ring (bicyclic) bond motifs is 1. The third-order valence-corrected chi connectivity index (χ3v) is 5.69. The highest BCUT2D eigenvalue weighted by atomic mass is 35.5. The predicted octanol–water partition coefficient (Wildman–Crippen LogP) is 5.18. The summed E-state index contributed by atoms with van der Waals surface area (Å²) in [6.45, 7) is 2.18. The largest absolute Gasteiger partial charge is 0.294 e. The SMILES string of the molecule is Cc1nc2c(=O)n(Cc3ccc(Cl)c(Cl)c3)nc(-c3ccccc3)c2s1. The molecule has 0 radical (unpaired) electrons. The van der Waals surface area contributed by atoms with Crippen LogP contribution in [0.5, 0.6) is 0 Å². The van der Waals surface area contributed by atoms with Crippen molar-refractivity contribution in [2.24, 2.45) is 0 Å². The van der Waals surface area contributed by atoms with Crippen LogP contribution in [0.2, 0.25) is 10.0 Å². The molecule has 0 N–H and O–H groups in total. The molecule has 0 fully saturated rings. The first-order valence-electron chi connectivity index (χ1n) is 7.90. The number of halogens is 2. The van der Waals surface area contributed by atoms with Crippen LogP contribution in [0.15, 0.2) is 53.3 Å². The smallest absolute Gasteiger partial charge is 0.265 e. The van der Waals surface area contributed by atoms with E-state index in [0.29, 0.717) is 22.1 Å². The maximum atomic E-state index is 12.9. The molecule has 2 aromatic heterocycles. The van der Waals surface area contributed by atoms with Crippen LogP contribution >= 0.6 is 34.5 Å². The first-order valence-corrected chi connectivity index (χ1v) is 9.48. The second-order valence-electron chi connectivity index (χ2n) is 5.84. The minimum Gasteiger partial charge on any atom is -0.265 e. The van der Waals surface area contributed by atoms with Gasteiger partial charge in [-0.25, -0.2) is 9.67 Å². The molecule has 4 rings (SSSR count). The molecule has 0 aliphatic carbocycles. The van der Waals surface area contributed by atoms with Gasteiger partial charge < -0.3 is 0 Å². The average molecular weight is 402 g/mol. The summed E-state index contributed by atoms with van der Waals surface area (Å²) in [6.07, 6.45) is 0. The van der Waals surface area contributed by atoms with Crippen LogP contribution in [0.1, 0.15) is 10.6 Å². The number of aromatic nitrogens is 3. The van der Waals surface area contributed by atoms with Crippen molar-refractivity contribution in [1.82, 2.24) is 14.8 Å². The second-order valence-corrected chi connectivity index (χ2v) is 7.85. The van der Waals surface area contributed by atoms with Crippen molar-refractivity contribution in [1.29, 1.82) is 0 Å². The zero-order chi connectivity index (χ0) is 18.3. The normalized spacial score (nSPS) is 11.2. The van der Waals surface area contributed by atoms with E-state index in [1.54, 1.807) is 12.1 Å². The summed E-state index contributed by atoms with van der Waals surface area (Å²) >= 11 is 13.6. The number of aryl methyl sites for hydroxylation is 1. The Hall–Kier alpha value is -2.21. The molecule has 0 atom stereocenters. The number of hydrogen-bond acceptors (Lipinski definition) is 4. The third-order valence-electron chi connectivity index (χ3n) is 3.97. The minimum absolute atomic E-state index is 0.213. The van der Waals surface area contributed by atoms with Gasteiger partial charge in [0.25, 0.3) is 5.56 Å². The highest BCUT2D eigenvalue weighted by molar-refractivity contribution is 7.19. The molecule has 2 aromatic carbocycles. The van der Waals surface area contributed by atoms with Crippen molar-refractivity contribution in [3.63, 3.8) is 0 Å². The Balaban J connectivity index is 1.91. The molecule has 4 aromatic rings. The molecule has 0 spiro atoms. The molecule has 130 valence electrons. The molecule has 0 unspecified atom stereocenters. The lowest BCUT2D eigenvalue weighted by Crippen LogP contribution is -2.24. The van der Waals surface area contributed by atoms with Crippen molar-refractivity contribution < 1.29 is 0 Å². The summed E-state index contributed by atoms with van der Waals surface area (Å²) in [7, 11) is 0. The first-order chi connectivity index (χ1) is 12.5. The van der Waals surface area contributed by atoms with Crippen molar-refractivity contribution >= 4 is 44.8 Å². The summed E-state index contributed by atoms with van der Waals surface area (Å²) in [5.41, 5.74) is 2.78. The molecule has 0 saturated carbocycles. The van der Waals surface area contributed by atoms with Crippen LogP contribution in [-0.2, 0) is 6.54 Å². The van der Waals surface area contributed by atoms with Gasteiger partial charge in [0, 0.05) is 5.56 Å². The molecular formula is C19H13Cl2N3OS. The van der Waals surface area contributed by atoms with Gasteiger partial charge >= 0.3 is 0 Å². The first kappa shape index (κ1) is 17.2. The monoisotopic (exact) mass is 401 g/mol. The lowest BCUT2D eigenvalue weighted by atomic mass is 10.1. The molecule has 0 saturated heterocycles. The van der Waals surface area contributed by atoms with E-state index in [1.165, 1.54) is 16.0 Å². The number of nitrogens with zero attached hydrogens (tertiary/aromatic N) is 3. The molecule has 0 amide bonds. The summed E-state index contributed by atoms with van der Waals surface area (Å²) in [5.74, 6) is 0. The second kappa shape index (κ2) is 6.83. The molecule has 2 heterocycles. The number of hydrogen-bond donors (Lipinski definition) is 0. The molecule has 0 bridgehead atoms. The summed E-state index contributed by atoms with van der Waals surface area (Å²) < 4.78 is 2.24. The average Bonchev–Trinajstić information content (AvgIpc) is 3.03. The van der Waals surface area contributed by atoms with Crippen molar-refractivity contribution in [2.75, 3.05) is 0 Å². The predicted molar refractivity (Wildman–Crippen MR) is 107 cm³/mol. The Labute approximate surface area is 163 Å². The van der Waals surface area contributed by atoms with E-state index in [9.17, 15) is 4.79 Å². The fourth-order valence-electron chi connectivity index (χ4n) is 2.77. The summed E-state index contributed by atoms with van der Waals surface area (Å²) in [6, 6.07) is 15.1. The topological polar surface area (TPSA) is 47.8 Å². The quantitative estimate of drug-likeness (QED) is 0.474. The number of rotatable bonds is 3. The van der Waals surface area contributed by atoms with E-state index in [-0.39, 0.29) is 5.56 Å². The highest BCUT2D eigenvalue weighted by Crippen LogP contribution is 2.29. The maximum Gasteiger partial charge on any atom is 0.294 e. The molecule has 0 aliphatic rings. The molecule has 26 heavy (non-hydrogen) atoms. The van der Waals surface area contributed by atoms with Gasteiger partial charge in [0.2, 0.25) is 0 Å². The van der Waals surface area contributed by atoms with Gasteiger partial charge in [-0.3, -0.25) is 4.79 Å². The van der Waals surface area contributed by atoms with Crippen LogP contribution in [0.25, 0.3) is 21.5 Å². The molecule has 7 heteroatoms. The maximum absolute atomic E-state index is 12.9. The van der Waals surface area contributed by atoms with Crippen molar-refractivity contribution in [3.05, 3.63) is 79.5 Å². The van der Waals surface area contributed by atoms with Gasteiger partial charge in [-0.15, -0.1) is 11.3 Å². The Kier molecular flexibility index (Phi) is 4.53. The Morgan fingerprint density at radius 3 is 2.58 bits per heavy atom. The van der Waals surface area contributed by atoms with E-state index < -0.39 is 0 Å². The van der Waals surface area contributed by atoms with Crippen LogP contribution in [0.4, 0.5) is 0 Å². The number of benzene rings is 2. The van der Waals surface area contributed by atoms with Gasteiger partial charge in [-0.2, -0.15) is 5.10 Å². The van der Waals surface area contributed by atoms with Gasteiger partial charge in [-0.05, 0) is 24.6 Å². The molecule has 4 nitrogen and oxygen atoms in total. The van der Waals surface area contributed by atoms with Gasteiger partial charge in [0.05, 0.1) is 26.3 Å². The third kappa shape index (κ3) is 3.14. The molecule has 0 aliphatic heterocycles. The summed E-state index contributed by atoms with van der Waals surface area (Å²) in [4.78, 5) is 17.3. The minimum atomic E-state index is -0.213. The lowest BCUT2D eigenvalue weighted by Gasteiger charge is -2.09.